The van der Waals surface area contributed by atoms with E-state index >= 15 is 0 Å². The van der Waals surface area contributed by atoms with E-state index in [1.54, 1.807) is 0 Å². The lowest BCUT2D eigenvalue weighted by atomic mass is 10.1. The van der Waals surface area contributed by atoms with Crippen molar-refractivity contribution < 1.29 is 9.53 Å². The molecule has 1 atom stereocenters. The lowest BCUT2D eigenvalue weighted by Crippen LogP contribution is -2.32. The predicted molar refractivity (Wildman–Crippen MR) is 62.9 cm³/mol. The normalized spacial score (nSPS) is 12.1. The second-order valence-corrected chi connectivity index (χ2v) is 3.50. The quantitative estimate of drug-likeness (QED) is 0.749. The zero-order chi connectivity index (χ0) is 11.8. The highest BCUT2D eigenvalue weighted by atomic mass is 16.5. The first-order valence-electron chi connectivity index (χ1n) is 5.37. The molecule has 0 saturated heterocycles. The summed E-state index contributed by atoms with van der Waals surface area (Å²) in [5, 5.41) is 2.65. The van der Waals surface area contributed by atoms with Gasteiger partial charge >= 0.3 is 0 Å². The van der Waals surface area contributed by atoms with Crippen LogP contribution in [0.2, 0.25) is 0 Å². The number of ether oxygens (including phenoxy) is 1. The Morgan fingerprint density at radius 3 is 2.75 bits per heavy atom. The molecule has 1 amide bonds. The number of carbonyl (C=O) groups is 1. The van der Waals surface area contributed by atoms with Crippen LogP contribution < -0.4 is 11.1 Å². The molecule has 1 aromatic rings. The largest absolute Gasteiger partial charge is 0.364 e. The Labute approximate surface area is 95.8 Å². The van der Waals surface area contributed by atoms with Gasteiger partial charge in [-0.25, -0.2) is 0 Å². The molecule has 4 nitrogen and oxygen atoms in total. The average molecular weight is 222 g/mol. The van der Waals surface area contributed by atoms with Crippen LogP contribution in [0.3, 0.4) is 0 Å². The number of nitrogens with one attached hydrogen (secondary N) is 1. The number of carbonyl (C=O) groups excluding carboxylic acids is 1. The summed E-state index contributed by atoms with van der Waals surface area (Å²) in [7, 11) is 0. The Balaban J connectivity index is 2.30. The van der Waals surface area contributed by atoms with E-state index < -0.39 is 0 Å². The fourth-order valence-electron chi connectivity index (χ4n) is 1.28. The summed E-state index contributed by atoms with van der Waals surface area (Å²) >= 11 is 0. The third kappa shape index (κ3) is 4.42. The van der Waals surface area contributed by atoms with Gasteiger partial charge in [0.1, 0.15) is 6.61 Å². The van der Waals surface area contributed by atoms with Crippen LogP contribution in [0.1, 0.15) is 18.6 Å². The van der Waals surface area contributed by atoms with Gasteiger partial charge in [-0.1, -0.05) is 30.3 Å². The van der Waals surface area contributed by atoms with Crippen molar-refractivity contribution >= 4 is 5.91 Å². The molecular formula is C12H18N2O2. The van der Waals surface area contributed by atoms with Crippen LogP contribution >= 0.6 is 0 Å². The molecule has 1 aromatic carbocycles. The van der Waals surface area contributed by atoms with Crippen molar-refractivity contribution in [2.24, 2.45) is 5.73 Å². The number of rotatable bonds is 6. The summed E-state index contributed by atoms with van der Waals surface area (Å²) in [4.78, 5) is 11.2. The van der Waals surface area contributed by atoms with Gasteiger partial charge in [0.25, 0.3) is 0 Å². The Bertz CT molecular complexity index is 314. The maximum absolute atomic E-state index is 11.2. The van der Waals surface area contributed by atoms with Crippen LogP contribution in [0.15, 0.2) is 30.3 Å². The van der Waals surface area contributed by atoms with Crippen LogP contribution in [-0.4, -0.2) is 25.6 Å². The molecule has 16 heavy (non-hydrogen) atoms. The third-order valence-corrected chi connectivity index (χ3v) is 2.20. The van der Waals surface area contributed by atoms with Crippen molar-refractivity contribution in [2.75, 3.05) is 19.7 Å². The van der Waals surface area contributed by atoms with Crippen LogP contribution in [0.5, 0.6) is 0 Å². The van der Waals surface area contributed by atoms with Gasteiger partial charge in [-0.15, -0.1) is 0 Å². The second kappa shape index (κ2) is 6.98. The molecule has 88 valence electrons. The molecule has 0 heterocycles. The van der Waals surface area contributed by atoms with Crippen molar-refractivity contribution in [1.82, 2.24) is 5.32 Å². The van der Waals surface area contributed by atoms with E-state index in [4.69, 9.17) is 10.5 Å². The molecule has 0 spiro atoms. The Kier molecular flexibility index (Phi) is 5.53. The van der Waals surface area contributed by atoms with E-state index in [1.165, 1.54) is 0 Å². The van der Waals surface area contributed by atoms with Crippen molar-refractivity contribution in [3.05, 3.63) is 35.9 Å². The van der Waals surface area contributed by atoms with E-state index in [1.807, 2.05) is 37.3 Å². The van der Waals surface area contributed by atoms with Crippen LogP contribution in [0.25, 0.3) is 0 Å². The smallest absolute Gasteiger partial charge is 0.246 e. The van der Waals surface area contributed by atoms with Gasteiger partial charge in [0.05, 0.1) is 6.10 Å². The van der Waals surface area contributed by atoms with Gasteiger partial charge in [-0.2, -0.15) is 0 Å². The molecule has 0 aromatic heterocycles. The number of amides is 1. The molecule has 0 saturated carbocycles. The fraction of sp³-hybridized carbons (Fsp3) is 0.417. The topological polar surface area (TPSA) is 64.3 Å². The van der Waals surface area contributed by atoms with Gasteiger partial charge < -0.3 is 15.8 Å². The molecule has 1 rings (SSSR count). The fourth-order valence-corrected chi connectivity index (χ4v) is 1.28. The Hall–Kier alpha value is -1.39. The summed E-state index contributed by atoms with van der Waals surface area (Å²) in [5.41, 5.74) is 6.33. The van der Waals surface area contributed by atoms with Gasteiger partial charge in [0.2, 0.25) is 5.91 Å². The summed E-state index contributed by atoms with van der Waals surface area (Å²) in [6.07, 6.45) is -0.0789. The van der Waals surface area contributed by atoms with E-state index in [0.717, 1.165) is 5.56 Å². The minimum Gasteiger partial charge on any atom is -0.364 e. The van der Waals surface area contributed by atoms with Crippen LogP contribution in [-0.2, 0) is 9.53 Å². The van der Waals surface area contributed by atoms with E-state index in [9.17, 15) is 4.79 Å². The summed E-state index contributed by atoms with van der Waals surface area (Å²) in [6.45, 7) is 2.92. The Morgan fingerprint density at radius 2 is 2.12 bits per heavy atom. The average Bonchev–Trinajstić information content (AvgIpc) is 2.34. The van der Waals surface area contributed by atoms with Gasteiger partial charge in [-0.3, -0.25) is 4.79 Å². The zero-order valence-electron chi connectivity index (χ0n) is 9.48. The number of hydrogen-bond donors (Lipinski definition) is 2. The molecule has 4 heteroatoms. The van der Waals surface area contributed by atoms with E-state index in [0.29, 0.717) is 13.1 Å². The minimum atomic E-state index is -0.131. The van der Waals surface area contributed by atoms with Crippen molar-refractivity contribution in [1.29, 1.82) is 0 Å². The molecule has 0 radical (unpaired) electrons. The van der Waals surface area contributed by atoms with Crippen molar-refractivity contribution in [2.45, 2.75) is 13.0 Å². The third-order valence-electron chi connectivity index (χ3n) is 2.20. The molecule has 0 bridgehead atoms. The van der Waals surface area contributed by atoms with Crippen molar-refractivity contribution in [3.8, 4) is 0 Å². The minimum absolute atomic E-state index is 0.0655. The monoisotopic (exact) mass is 222 g/mol. The first-order valence-corrected chi connectivity index (χ1v) is 5.37. The number of hydrogen-bond acceptors (Lipinski definition) is 3. The summed E-state index contributed by atoms with van der Waals surface area (Å²) < 4.78 is 5.43. The highest BCUT2D eigenvalue weighted by molar-refractivity contribution is 5.77. The predicted octanol–water partition coefficient (Wildman–Crippen LogP) is 0.839. The number of nitrogens with two attached hydrogens (primary N) is 1. The van der Waals surface area contributed by atoms with Crippen LogP contribution in [0.4, 0.5) is 0 Å². The lowest BCUT2D eigenvalue weighted by Gasteiger charge is -2.13. The van der Waals surface area contributed by atoms with E-state index in [-0.39, 0.29) is 18.6 Å². The highest BCUT2D eigenvalue weighted by Crippen LogP contribution is 2.15. The van der Waals surface area contributed by atoms with Crippen molar-refractivity contribution in [3.63, 3.8) is 0 Å². The number of benzene rings is 1. The van der Waals surface area contributed by atoms with Gasteiger partial charge in [0.15, 0.2) is 0 Å². The molecule has 0 fully saturated rings. The van der Waals surface area contributed by atoms with Gasteiger partial charge in [0, 0.05) is 13.1 Å². The highest BCUT2D eigenvalue weighted by Gasteiger charge is 2.07. The van der Waals surface area contributed by atoms with E-state index in [2.05, 4.69) is 5.32 Å². The first-order chi connectivity index (χ1) is 7.74. The first kappa shape index (κ1) is 12.7. The Morgan fingerprint density at radius 1 is 1.44 bits per heavy atom. The molecular weight excluding hydrogens is 204 g/mol. The summed E-state index contributed by atoms with van der Waals surface area (Å²) in [5.74, 6) is -0.131. The second-order valence-electron chi connectivity index (χ2n) is 3.50. The van der Waals surface area contributed by atoms with Gasteiger partial charge in [-0.05, 0) is 12.5 Å². The maximum Gasteiger partial charge on any atom is 0.246 e. The molecule has 0 aliphatic rings. The molecule has 1 unspecified atom stereocenters. The maximum atomic E-state index is 11.2. The molecule has 0 aliphatic heterocycles. The SMILES string of the molecule is CC(OCC(=O)NCCN)c1ccccc1. The summed E-state index contributed by atoms with van der Waals surface area (Å²) in [6, 6.07) is 9.79. The van der Waals surface area contributed by atoms with Crippen LogP contribution in [0, 0.1) is 0 Å². The standard InChI is InChI=1S/C12H18N2O2/c1-10(11-5-3-2-4-6-11)16-9-12(15)14-8-7-13/h2-6,10H,7-9,13H2,1H3,(H,14,15). The molecule has 0 aliphatic carbocycles. The molecule has 3 N–H and O–H groups in total. The lowest BCUT2D eigenvalue weighted by molar-refractivity contribution is -0.127. The zero-order valence-corrected chi connectivity index (χ0v) is 9.48.